The van der Waals surface area contributed by atoms with Crippen LogP contribution in [0.1, 0.15) is 22.7 Å². The van der Waals surface area contributed by atoms with Gasteiger partial charge in [0.25, 0.3) is 0 Å². The van der Waals surface area contributed by atoms with Crippen LogP contribution in [0.2, 0.25) is 0 Å². The third-order valence-electron chi connectivity index (χ3n) is 14.2. The Morgan fingerprint density at radius 2 is 0.703 bits per heavy atom. The highest BCUT2D eigenvalue weighted by Crippen LogP contribution is 2.41. The monoisotopic (exact) mass is 948 g/mol. The Morgan fingerprint density at radius 1 is 0.311 bits per heavy atom. The fraction of sp³-hybridized carbons (Fsp3) is 0.0303. The lowest BCUT2D eigenvalue weighted by atomic mass is 9.86. The molecule has 0 saturated heterocycles. The third kappa shape index (κ3) is 7.64. The van der Waals surface area contributed by atoms with Gasteiger partial charge >= 0.3 is 0 Å². The normalized spacial score (nSPS) is 13.2. The summed E-state index contributed by atoms with van der Waals surface area (Å²) in [6, 6.07) is 82.1. The molecule has 0 saturated carbocycles. The average Bonchev–Trinajstić information content (AvgIpc) is 4.02. The lowest BCUT2D eigenvalue weighted by Crippen LogP contribution is -2.07. The van der Waals surface area contributed by atoms with Crippen LogP contribution in [0.25, 0.3) is 118 Å². The number of fused-ring (bicyclic) bond motifs is 6. The number of hydrogen-bond acceptors (Lipinski definition) is 6. The first-order valence-corrected chi connectivity index (χ1v) is 25.0. The van der Waals surface area contributed by atoms with E-state index in [2.05, 4.69) is 137 Å². The molecule has 0 fully saturated rings. The Kier molecular flexibility index (Phi) is 10.5. The van der Waals surface area contributed by atoms with E-state index in [1.807, 2.05) is 121 Å². The lowest BCUT2D eigenvalue weighted by Gasteiger charge is -2.20. The number of rotatable bonds is 9. The molecule has 9 aromatic carbocycles. The van der Waals surface area contributed by atoms with Crippen LogP contribution >= 0.6 is 0 Å². The van der Waals surface area contributed by atoms with Gasteiger partial charge in [0.15, 0.2) is 34.9 Å². The van der Waals surface area contributed by atoms with Crippen molar-refractivity contribution in [1.29, 1.82) is 0 Å². The standard InChI is InChI=1S/C66H44N8/c1-5-19-43(20-6-1)61-67-62(44-21-7-2-8-22-44)70-65(69-61)49-27-17-29-51(39-49)73-57-33-15-13-31-53(57)55-41-47(35-37-59(55)73)48-36-38-60-56(42-48)54-32-14-16-34-58(54)74(60)52-30-18-28-50(40-52)66-71-63(45-23-9-3-10-24-45)68-64(72-66)46-25-11-4-12-26-46/h1-41,48H,42H2. The summed E-state index contributed by atoms with van der Waals surface area (Å²) in [6.07, 6.45) is 5.58. The maximum absolute atomic E-state index is 5.06. The molecular weight excluding hydrogens is 905 g/mol. The fourth-order valence-electron chi connectivity index (χ4n) is 10.7. The Bertz CT molecular complexity index is 4160. The number of nitrogens with zero attached hydrogens (tertiary/aromatic N) is 8. The highest BCUT2D eigenvalue weighted by Gasteiger charge is 2.25. The molecule has 0 N–H and O–H groups in total. The smallest absolute Gasteiger partial charge is 0.164 e. The maximum Gasteiger partial charge on any atom is 0.164 e. The molecule has 1 atom stereocenters. The number of para-hydroxylation sites is 2. The van der Waals surface area contributed by atoms with Crippen LogP contribution in [-0.4, -0.2) is 39.0 Å². The molecule has 8 nitrogen and oxygen atoms in total. The Balaban J connectivity index is 0.827. The summed E-state index contributed by atoms with van der Waals surface area (Å²) in [5, 5.41) is 3.67. The van der Waals surface area contributed by atoms with Crippen LogP contribution in [0.15, 0.2) is 243 Å². The van der Waals surface area contributed by atoms with Crippen molar-refractivity contribution < 1.29 is 0 Å². The van der Waals surface area contributed by atoms with Crippen molar-refractivity contribution in [3.05, 3.63) is 259 Å². The van der Waals surface area contributed by atoms with Crippen LogP contribution in [0.3, 0.4) is 0 Å². The Morgan fingerprint density at radius 3 is 1.20 bits per heavy atom. The number of allylic oxidation sites excluding steroid dienone is 1. The molecule has 1 unspecified atom stereocenters. The first-order chi connectivity index (χ1) is 36.7. The van der Waals surface area contributed by atoms with Crippen molar-refractivity contribution in [1.82, 2.24) is 39.0 Å². The van der Waals surface area contributed by atoms with Crippen molar-refractivity contribution >= 4 is 38.8 Å². The highest BCUT2D eigenvalue weighted by atomic mass is 15.1. The van der Waals surface area contributed by atoms with E-state index >= 15 is 0 Å². The first-order valence-electron chi connectivity index (χ1n) is 25.0. The van der Waals surface area contributed by atoms with Gasteiger partial charge in [-0.25, -0.2) is 29.9 Å². The minimum atomic E-state index is 0.169. The van der Waals surface area contributed by atoms with Gasteiger partial charge in [-0.1, -0.05) is 194 Å². The van der Waals surface area contributed by atoms with Crippen LogP contribution < -0.4 is 0 Å². The number of benzene rings is 9. The van der Waals surface area contributed by atoms with Gasteiger partial charge in [-0.15, -0.1) is 0 Å². The third-order valence-corrected chi connectivity index (χ3v) is 14.2. The topological polar surface area (TPSA) is 87.2 Å². The highest BCUT2D eigenvalue weighted by molar-refractivity contribution is 6.09. The van der Waals surface area contributed by atoms with Gasteiger partial charge in [0.05, 0.1) is 16.6 Å². The molecule has 0 aliphatic heterocycles. The van der Waals surface area contributed by atoms with Crippen molar-refractivity contribution in [3.63, 3.8) is 0 Å². The fourth-order valence-corrected chi connectivity index (χ4v) is 10.7. The molecule has 4 aromatic heterocycles. The van der Waals surface area contributed by atoms with E-state index in [1.54, 1.807) is 0 Å². The molecule has 8 heteroatoms. The van der Waals surface area contributed by atoms with Gasteiger partial charge in [-0.3, -0.25) is 0 Å². The van der Waals surface area contributed by atoms with Gasteiger partial charge in [-0.2, -0.15) is 0 Å². The largest absolute Gasteiger partial charge is 0.310 e. The molecule has 0 spiro atoms. The SMILES string of the molecule is C1=CC(c2ccc3c(c2)c2ccccc2n3-c2cccc(-c3nc(-c4ccccc4)nc(-c4ccccc4)n3)c2)Cc2c1n(-c1cccc(-c3nc(-c4ccccc4)nc(-c4ccccc4)n3)c1)c1ccccc21. The Labute approximate surface area is 427 Å². The van der Waals surface area contributed by atoms with Crippen molar-refractivity contribution in [2.24, 2.45) is 0 Å². The predicted octanol–water partition coefficient (Wildman–Crippen LogP) is 15.5. The number of hydrogen-bond donors (Lipinski definition) is 0. The molecule has 14 rings (SSSR count). The molecule has 1 aliphatic carbocycles. The van der Waals surface area contributed by atoms with Crippen LogP contribution in [0.5, 0.6) is 0 Å². The minimum Gasteiger partial charge on any atom is -0.310 e. The van der Waals surface area contributed by atoms with Gasteiger partial charge in [0.2, 0.25) is 0 Å². The lowest BCUT2D eigenvalue weighted by molar-refractivity contribution is 0.826. The molecule has 74 heavy (non-hydrogen) atoms. The summed E-state index contributed by atoms with van der Waals surface area (Å²) < 4.78 is 4.76. The summed E-state index contributed by atoms with van der Waals surface area (Å²) in [5.74, 6) is 3.97. The van der Waals surface area contributed by atoms with Gasteiger partial charge in [-0.05, 0) is 72.2 Å². The van der Waals surface area contributed by atoms with E-state index in [0.717, 1.165) is 67.7 Å². The molecule has 348 valence electrons. The van der Waals surface area contributed by atoms with E-state index < -0.39 is 0 Å². The molecule has 1 aliphatic rings. The zero-order chi connectivity index (χ0) is 49.0. The predicted molar refractivity (Wildman–Crippen MR) is 299 cm³/mol. The second-order valence-corrected chi connectivity index (χ2v) is 18.7. The van der Waals surface area contributed by atoms with E-state index in [1.165, 1.54) is 33.0 Å². The second kappa shape index (κ2) is 18.0. The van der Waals surface area contributed by atoms with E-state index in [4.69, 9.17) is 29.9 Å². The van der Waals surface area contributed by atoms with E-state index in [-0.39, 0.29) is 5.92 Å². The first kappa shape index (κ1) is 42.9. The minimum absolute atomic E-state index is 0.169. The molecule has 0 amide bonds. The number of aromatic nitrogens is 8. The summed E-state index contributed by atoms with van der Waals surface area (Å²) in [4.78, 5) is 30.1. The molecule has 4 heterocycles. The summed E-state index contributed by atoms with van der Waals surface area (Å²) in [7, 11) is 0. The zero-order valence-electron chi connectivity index (χ0n) is 40.0. The van der Waals surface area contributed by atoms with Gasteiger partial charge in [0.1, 0.15) is 0 Å². The quantitative estimate of drug-likeness (QED) is 0.143. The average molecular weight is 949 g/mol. The Hall–Kier alpha value is -9.92. The van der Waals surface area contributed by atoms with E-state index in [9.17, 15) is 0 Å². The molecule has 13 aromatic rings. The summed E-state index contributed by atoms with van der Waals surface area (Å²) >= 11 is 0. The second-order valence-electron chi connectivity index (χ2n) is 18.7. The van der Waals surface area contributed by atoms with Crippen molar-refractivity contribution in [2.75, 3.05) is 0 Å². The summed E-state index contributed by atoms with van der Waals surface area (Å²) in [6.45, 7) is 0. The van der Waals surface area contributed by atoms with Gasteiger partial charge in [0, 0.05) is 72.5 Å². The molecule has 0 bridgehead atoms. The zero-order valence-corrected chi connectivity index (χ0v) is 40.0. The van der Waals surface area contributed by atoms with Gasteiger partial charge < -0.3 is 9.13 Å². The van der Waals surface area contributed by atoms with Crippen molar-refractivity contribution in [3.8, 4) is 79.7 Å². The van der Waals surface area contributed by atoms with E-state index in [0.29, 0.717) is 34.9 Å². The molecule has 0 radical (unpaired) electrons. The summed E-state index contributed by atoms with van der Waals surface area (Å²) in [5.41, 5.74) is 14.9. The maximum atomic E-state index is 5.06. The van der Waals surface area contributed by atoms with Crippen molar-refractivity contribution in [2.45, 2.75) is 12.3 Å². The van der Waals surface area contributed by atoms with Crippen LogP contribution in [0.4, 0.5) is 0 Å². The molecular formula is C66H44N8. The van der Waals surface area contributed by atoms with Crippen LogP contribution in [0, 0.1) is 0 Å². The van der Waals surface area contributed by atoms with Crippen LogP contribution in [-0.2, 0) is 6.42 Å².